The van der Waals surface area contributed by atoms with Crippen LogP contribution in [0.5, 0.6) is 0 Å². The van der Waals surface area contributed by atoms with Crippen LogP contribution in [0, 0.1) is 6.92 Å². The molecule has 2 aliphatic rings. The topological polar surface area (TPSA) is 36.4 Å². The molecule has 0 aromatic heterocycles. The Morgan fingerprint density at radius 2 is 1.81 bits per heavy atom. The average molecular weight is 504 g/mol. The predicted molar refractivity (Wildman–Crippen MR) is 130 cm³/mol. The maximum Gasteiger partial charge on any atom is 0.405 e. The largest absolute Gasteiger partial charge is 0.405 e. The highest BCUT2D eigenvalue weighted by molar-refractivity contribution is 8.04. The summed E-state index contributed by atoms with van der Waals surface area (Å²) in [5.74, 6) is 0.259. The summed E-state index contributed by atoms with van der Waals surface area (Å²) >= 11 is 14.3. The number of allylic oxidation sites excluding steroid dienone is 1. The van der Waals surface area contributed by atoms with Crippen LogP contribution >= 0.6 is 35.0 Å². The number of rotatable bonds is 8. The summed E-state index contributed by atoms with van der Waals surface area (Å²) in [6, 6.07) is 3.96. The summed E-state index contributed by atoms with van der Waals surface area (Å²) < 4.78 is 37.0. The molecule has 0 saturated carbocycles. The van der Waals surface area contributed by atoms with Gasteiger partial charge in [0.25, 0.3) is 0 Å². The Balaban J connectivity index is 1.53. The molecule has 1 aromatic carbocycles. The first-order valence-electron chi connectivity index (χ1n) is 10.2. The van der Waals surface area contributed by atoms with Gasteiger partial charge in [-0.1, -0.05) is 41.9 Å². The second-order valence-electron chi connectivity index (χ2n) is 8.17. The second kappa shape index (κ2) is 10.1. The zero-order valence-electron chi connectivity index (χ0n) is 18.0. The minimum Gasteiger partial charge on any atom is -0.379 e. The van der Waals surface area contributed by atoms with Gasteiger partial charge in [-0.3, -0.25) is 4.99 Å². The molecule has 0 amide bonds. The normalized spacial score (nSPS) is 21.0. The average Bonchev–Trinajstić information content (AvgIpc) is 3.34. The summed E-state index contributed by atoms with van der Waals surface area (Å²) in [5.41, 5.74) is 5.30. The molecule has 0 bridgehead atoms. The molecule has 2 unspecified atom stereocenters. The third-order valence-corrected chi connectivity index (χ3v) is 7.92. The molecule has 0 spiro atoms. The number of nitrogens with zero attached hydrogens (tertiary/aromatic N) is 1. The molecule has 32 heavy (non-hydrogen) atoms. The summed E-state index contributed by atoms with van der Waals surface area (Å²) in [6.45, 7) is 11.4. The summed E-state index contributed by atoms with van der Waals surface area (Å²) in [7, 11) is 0. The van der Waals surface area contributed by atoms with Crippen LogP contribution < -0.4 is 10.6 Å². The van der Waals surface area contributed by atoms with Crippen LogP contribution in [0.1, 0.15) is 36.8 Å². The number of benzene rings is 1. The maximum absolute atomic E-state index is 12.3. The van der Waals surface area contributed by atoms with E-state index in [-0.39, 0.29) is 23.4 Å². The molecule has 0 radical (unpaired) electrons. The fraction of sp³-hybridized carbons (Fsp3) is 0.435. The van der Waals surface area contributed by atoms with Gasteiger partial charge >= 0.3 is 6.18 Å². The Bertz CT molecular complexity index is 962. The number of hydrogen-bond donors (Lipinski definition) is 2. The third kappa shape index (κ3) is 6.27. The minimum absolute atomic E-state index is 0.175. The van der Waals surface area contributed by atoms with Crippen LogP contribution in [0.25, 0.3) is 0 Å². The molecule has 2 atom stereocenters. The Hall–Kier alpha value is -1.57. The van der Waals surface area contributed by atoms with Gasteiger partial charge in [-0.2, -0.15) is 13.2 Å². The summed E-state index contributed by atoms with van der Waals surface area (Å²) in [4.78, 5) is 5.84. The van der Waals surface area contributed by atoms with Crippen molar-refractivity contribution in [2.75, 3.05) is 19.6 Å². The highest BCUT2D eigenvalue weighted by Crippen LogP contribution is 2.44. The lowest BCUT2D eigenvalue weighted by molar-refractivity contribution is -0.123. The van der Waals surface area contributed by atoms with E-state index in [2.05, 4.69) is 30.7 Å². The molecule has 0 fully saturated rings. The van der Waals surface area contributed by atoms with Gasteiger partial charge in [0.05, 0.1) is 11.8 Å². The highest BCUT2D eigenvalue weighted by Gasteiger charge is 2.33. The van der Waals surface area contributed by atoms with E-state index in [1.54, 1.807) is 11.8 Å². The summed E-state index contributed by atoms with van der Waals surface area (Å²) in [6.07, 6.45) is -2.55. The molecular weight excluding hydrogens is 478 g/mol. The first-order valence-corrected chi connectivity index (χ1v) is 11.8. The van der Waals surface area contributed by atoms with Gasteiger partial charge in [-0.15, -0.1) is 11.8 Å². The highest BCUT2D eigenvalue weighted by atomic mass is 35.5. The number of nitrogens with one attached hydrogen (secondary N) is 2. The molecular formula is C23H26Cl2F3N3S. The van der Waals surface area contributed by atoms with Crippen molar-refractivity contribution in [2.45, 2.75) is 44.0 Å². The van der Waals surface area contributed by atoms with Crippen LogP contribution in [0.15, 0.2) is 52.2 Å². The van der Waals surface area contributed by atoms with Gasteiger partial charge in [-0.05, 0) is 49.9 Å². The molecule has 0 saturated heterocycles. The number of hydrogen-bond acceptors (Lipinski definition) is 4. The quantitative estimate of drug-likeness (QED) is 0.410. The standard InChI is InChI=1S/C23H26Cl2F3N3S/c1-12-5-21(32-22(12)15(4)29-9-13(2)31-11-23(26,27)28)20-8-17(10-30-20)16-6-18(24)14(3)19(25)7-16/h6-7,17,21,29,31H,2,4-5,8-11H2,1,3H3. The summed E-state index contributed by atoms with van der Waals surface area (Å²) in [5, 5.41) is 6.94. The van der Waals surface area contributed by atoms with Crippen LogP contribution in [0.3, 0.4) is 0 Å². The van der Waals surface area contributed by atoms with Crippen molar-refractivity contribution in [3.8, 4) is 0 Å². The van der Waals surface area contributed by atoms with Gasteiger partial charge in [0.15, 0.2) is 0 Å². The van der Waals surface area contributed by atoms with Crippen molar-refractivity contribution in [3.63, 3.8) is 0 Å². The number of thioether (sulfide) groups is 1. The van der Waals surface area contributed by atoms with Gasteiger partial charge in [0.2, 0.25) is 0 Å². The third-order valence-electron chi connectivity index (χ3n) is 5.58. The number of aliphatic imine (C=N–C) groups is 1. The van der Waals surface area contributed by atoms with Gasteiger partial charge in [-0.25, -0.2) is 0 Å². The van der Waals surface area contributed by atoms with Crippen molar-refractivity contribution >= 4 is 40.7 Å². The van der Waals surface area contributed by atoms with Gasteiger partial charge < -0.3 is 10.6 Å². The van der Waals surface area contributed by atoms with Crippen LogP contribution in [-0.2, 0) is 0 Å². The second-order valence-corrected chi connectivity index (χ2v) is 10.2. The van der Waals surface area contributed by atoms with Crippen molar-refractivity contribution in [1.29, 1.82) is 0 Å². The van der Waals surface area contributed by atoms with Crippen molar-refractivity contribution < 1.29 is 13.2 Å². The fourth-order valence-electron chi connectivity index (χ4n) is 3.72. The first-order chi connectivity index (χ1) is 14.9. The van der Waals surface area contributed by atoms with Crippen molar-refractivity contribution in [1.82, 2.24) is 10.6 Å². The molecule has 2 aliphatic heterocycles. The molecule has 2 heterocycles. The Labute approximate surface area is 201 Å². The molecule has 2 N–H and O–H groups in total. The minimum atomic E-state index is -4.28. The van der Waals surface area contributed by atoms with Crippen LogP contribution in [0.4, 0.5) is 13.2 Å². The lowest BCUT2D eigenvalue weighted by atomic mass is 9.93. The van der Waals surface area contributed by atoms with E-state index in [0.29, 0.717) is 22.3 Å². The first kappa shape index (κ1) is 25.1. The van der Waals surface area contributed by atoms with Crippen molar-refractivity contribution in [3.05, 3.63) is 68.3 Å². The number of halogens is 5. The van der Waals surface area contributed by atoms with E-state index in [1.807, 2.05) is 19.1 Å². The monoisotopic (exact) mass is 503 g/mol. The Morgan fingerprint density at radius 1 is 1.16 bits per heavy atom. The van der Waals surface area contributed by atoms with E-state index in [1.165, 1.54) is 5.57 Å². The fourth-order valence-corrected chi connectivity index (χ4v) is 5.64. The molecule has 3 nitrogen and oxygen atoms in total. The van der Waals surface area contributed by atoms with E-state index in [0.717, 1.165) is 34.6 Å². The Kier molecular flexibility index (Phi) is 7.94. The molecule has 9 heteroatoms. The zero-order chi connectivity index (χ0) is 23.6. The van der Waals surface area contributed by atoms with Crippen molar-refractivity contribution in [2.24, 2.45) is 4.99 Å². The van der Waals surface area contributed by atoms with E-state index >= 15 is 0 Å². The smallest absolute Gasteiger partial charge is 0.379 e. The van der Waals surface area contributed by atoms with Crippen LogP contribution in [0.2, 0.25) is 10.0 Å². The molecule has 3 rings (SSSR count). The molecule has 0 aliphatic carbocycles. The molecule has 1 aromatic rings. The zero-order valence-corrected chi connectivity index (χ0v) is 20.3. The Morgan fingerprint density at radius 3 is 2.44 bits per heavy atom. The van der Waals surface area contributed by atoms with E-state index in [9.17, 15) is 13.2 Å². The SMILES string of the molecule is C=C(CNC(=C)C1=C(C)CC(C2=NCC(c3cc(Cl)c(C)c(Cl)c3)C2)S1)NCC(F)(F)F. The maximum atomic E-state index is 12.3. The predicted octanol–water partition coefficient (Wildman–Crippen LogP) is 6.78. The lowest BCUT2D eigenvalue weighted by Gasteiger charge is -2.16. The molecule has 174 valence electrons. The van der Waals surface area contributed by atoms with Gasteiger partial charge in [0, 0.05) is 44.5 Å². The van der Waals surface area contributed by atoms with E-state index in [4.69, 9.17) is 28.2 Å². The van der Waals surface area contributed by atoms with E-state index < -0.39 is 12.7 Å². The van der Waals surface area contributed by atoms with Crippen LogP contribution in [-0.4, -0.2) is 36.8 Å². The number of alkyl halides is 3. The lowest BCUT2D eigenvalue weighted by Crippen LogP contribution is -2.32. The van der Waals surface area contributed by atoms with Gasteiger partial charge in [0.1, 0.15) is 6.54 Å².